The summed E-state index contributed by atoms with van der Waals surface area (Å²) in [4.78, 5) is 0. The van der Waals surface area contributed by atoms with Crippen LogP contribution in [0.4, 0.5) is 17.6 Å². The molecule has 0 aromatic heterocycles. The van der Waals surface area contributed by atoms with Gasteiger partial charge < -0.3 is 0 Å². The Kier molecular flexibility index (Phi) is 3.29. The van der Waals surface area contributed by atoms with Gasteiger partial charge in [0.15, 0.2) is 0 Å². The molecule has 1 atom stereocenters. The van der Waals surface area contributed by atoms with Crippen molar-refractivity contribution >= 4 is 0 Å². The van der Waals surface area contributed by atoms with Gasteiger partial charge >= 0.3 is 6.18 Å². The molecule has 0 aliphatic rings. The van der Waals surface area contributed by atoms with Gasteiger partial charge in [-0.2, -0.15) is 13.2 Å². The fourth-order valence-corrected chi connectivity index (χ4v) is 0.706. The minimum Gasteiger partial charge on any atom is -0.278 e. The third-order valence-electron chi connectivity index (χ3n) is 1.39. The predicted molar refractivity (Wildman–Crippen MR) is 33.9 cm³/mol. The van der Waals surface area contributed by atoms with Crippen LogP contribution in [0.25, 0.3) is 0 Å². The first-order chi connectivity index (χ1) is 4.87. The van der Waals surface area contributed by atoms with Crippen molar-refractivity contribution in [3.63, 3.8) is 0 Å². The second-order valence-electron chi connectivity index (χ2n) is 2.18. The summed E-state index contributed by atoms with van der Waals surface area (Å²) in [6.07, 6.45) is -5.43. The van der Waals surface area contributed by atoms with Crippen molar-refractivity contribution in [2.24, 2.45) is 0 Å². The molecule has 1 nitrogen and oxygen atoms in total. The van der Waals surface area contributed by atoms with E-state index in [2.05, 4.69) is 0 Å². The zero-order chi connectivity index (χ0) is 9.12. The molecule has 11 heavy (non-hydrogen) atoms. The first-order valence-corrected chi connectivity index (χ1v) is 3.38. The smallest absolute Gasteiger partial charge is 0.278 e. The Balaban J connectivity index is 4.33. The third-order valence-corrected chi connectivity index (χ3v) is 1.39. The molecule has 1 unspecified atom stereocenters. The molecule has 68 valence electrons. The van der Waals surface area contributed by atoms with Gasteiger partial charge in [0.05, 0.1) is 0 Å². The van der Waals surface area contributed by atoms with Crippen LogP contribution in [0, 0.1) is 0 Å². The molecular weight excluding hydrogens is 162 g/mol. The monoisotopic (exact) mass is 173 g/mol. The van der Waals surface area contributed by atoms with Crippen molar-refractivity contribution in [2.45, 2.75) is 32.2 Å². The number of hydrogen-bond acceptors (Lipinski definition) is 1. The lowest BCUT2D eigenvalue weighted by atomic mass is 10.2. The highest BCUT2D eigenvalue weighted by Crippen LogP contribution is 2.33. The lowest BCUT2D eigenvalue weighted by Gasteiger charge is -2.26. The van der Waals surface area contributed by atoms with E-state index < -0.39 is 18.4 Å². The quantitative estimate of drug-likeness (QED) is 0.509. The summed E-state index contributed by atoms with van der Waals surface area (Å²) in [5.74, 6) is -3.22. The van der Waals surface area contributed by atoms with Crippen LogP contribution in [0.15, 0.2) is 0 Å². The normalized spacial score (nSPS) is 18.0. The van der Waals surface area contributed by atoms with E-state index in [9.17, 15) is 17.6 Å². The van der Waals surface area contributed by atoms with Gasteiger partial charge in [0.2, 0.25) is 0 Å². The van der Waals surface area contributed by atoms with Crippen LogP contribution in [-0.4, -0.2) is 18.5 Å². The molecule has 1 N–H and O–H groups in total. The summed E-state index contributed by atoms with van der Waals surface area (Å²) in [6, 6.07) is 0. The first kappa shape index (κ1) is 10.7. The van der Waals surface area contributed by atoms with Crippen molar-refractivity contribution in [3.05, 3.63) is 0 Å². The van der Waals surface area contributed by atoms with E-state index >= 15 is 0 Å². The van der Waals surface area contributed by atoms with E-state index in [-0.39, 0.29) is 6.54 Å². The molecule has 0 rings (SSSR count). The number of rotatable bonds is 3. The average Bonchev–Trinajstić information content (AvgIpc) is 1.86. The van der Waals surface area contributed by atoms with Crippen molar-refractivity contribution in [3.8, 4) is 0 Å². The fraction of sp³-hybridized carbons (Fsp3) is 1.00. The molecule has 0 aliphatic heterocycles. The zero-order valence-corrected chi connectivity index (χ0v) is 6.43. The molecule has 0 aliphatic carbocycles. The molecule has 0 fully saturated rings. The highest BCUT2D eigenvalue weighted by Gasteiger charge is 2.54. The Morgan fingerprint density at radius 3 is 1.64 bits per heavy atom. The Hall–Kier alpha value is -0.320. The summed E-state index contributed by atoms with van der Waals surface area (Å²) in [5, 5.41) is 1.76. The van der Waals surface area contributed by atoms with Crippen LogP contribution in [0.2, 0.25) is 0 Å². The van der Waals surface area contributed by atoms with Crippen molar-refractivity contribution in [1.82, 2.24) is 5.32 Å². The van der Waals surface area contributed by atoms with E-state index in [1.807, 2.05) is 0 Å². The van der Waals surface area contributed by atoms with Crippen molar-refractivity contribution in [1.29, 1.82) is 0 Å². The highest BCUT2D eigenvalue weighted by atomic mass is 19.4. The van der Waals surface area contributed by atoms with Gasteiger partial charge in [-0.3, -0.25) is 5.32 Å². The summed E-state index contributed by atoms with van der Waals surface area (Å²) in [5.41, 5.74) is 0. The van der Waals surface area contributed by atoms with Gasteiger partial charge in [-0.1, -0.05) is 13.8 Å². The van der Waals surface area contributed by atoms with Gasteiger partial charge in [0.1, 0.15) is 0 Å². The molecule has 0 amide bonds. The third kappa shape index (κ3) is 2.32. The van der Waals surface area contributed by atoms with Gasteiger partial charge in [0.25, 0.3) is 5.79 Å². The largest absolute Gasteiger partial charge is 0.436 e. The minimum atomic E-state index is -4.82. The summed E-state index contributed by atoms with van der Waals surface area (Å²) < 4.78 is 48.4. The molecule has 0 radical (unpaired) electrons. The second-order valence-corrected chi connectivity index (χ2v) is 2.18. The maximum atomic E-state index is 12.8. The second kappa shape index (κ2) is 3.38. The minimum absolute atomic E-state index is 0.0378. The van der Waals surface area contributed by atoms with E-state index in [4.69, 9.17) is 0 Å². The van der Waals surface area contributed by atoms with Crippen LogP contribution < -0.4 is 5.32 Å². The van der Waals surface area contributed by atoms with Gasteiger partial charge in [-0.15, -0.1) is 0 Å². The van der Waals surface area contributed by atoms with Crippen molar-refractivity contribution < 1.29 is 17.6 Å². The Morgan fingerprint density at radius 1 is 1.09 bits per heavy atom. The van der Waals surface area contributed by atoms with Crippen LogP contribution in [0.3, 0.4) is 0 Å². The molecule has 0 heterocycles. The van der Waals surface area contributed by atoms with E-state index in [0.29, 0.717) is 0 Å². The van der Waals surface area contributed by atoms with Crippen LogP contribution in [-0.2, 0) is 0 Å². The Bertz CT molecular complexity index is 122. The molecule has 0 saturated carbocycles. The molecule has 0 spiro atoms. The lowest BCUT2D eigenvalue weighted by Crippen LogP contribution is -2.52. The number of nitrogens with one attached hydrogen (secondary N) is 1. The summed E-state index contributed by atoms with van der Waals surface area (Å²) in [7, 11) is 0. The molecule has 0 bridgehead atoms. The number of hydrogen-bond donors (Lipinski definition) is 1. The van der Waals surface area contributed by atoms with E-state index in [1.165, 1.54) is 6.92 Å². The maximum Gasteiger partial charge on any atom is 0.436 e. The van der Waals surface area contributed by atoms with Crippen LogP contribution >= 0.6 is 0 Å². The highest BCUT2D eigenvalue weighted by molar-refractivity contribution is 4.82. The maximum absolute atomic E-state index is 12.8. The Labute approximate surface area is 62.8 Å². The van der Waals surface area contributed by atoms with Gasteiger partial charge in [-0.25, -0.2) is 4.39 Å². The molecule has 0 aromatic rings. The predicted octanol–water partition coefficient (Wildman–Crippen LogP) is 2.23. The molecule has 5 heteroatoms. The molecule has 0 saturated heterocycles. The topological polar surface area (TPSA) is 12.0 Å². The van der Waals surface area contributed by atoms with Crippen LogP contribution in [0.1, 0.15) is 20.3 Å². The van der Waals surface area contributed by atoms with Crippen LogP contribution in [0.5, 0.6) is 0 Å². The van der Waals surface area contributed by atoms with Gasteiger partial charge in [0, 0.05) is 6.42 Å². The van der Waals surface area contributed by atoms with Crippen molar-refractivity contribution in [2.75, 3.05) is 6.54 Å². The molecule has 0 aromatic carbocycles. The standard InChI is InChI=1S/C6H11F4N/c1-3-5(7,11-4-2)6(8,9)10/h11H,3-4H2,1-2H3. The number of alkyl halides is 4. The van der Waals surface area contributed by atoms with E-state index in [1.54, 1.807) is 5.32 Å². The first-order valence-electron chi connectivity index (χ1n) is 3.38. The average molecular weight is 173 g/mol. The van der Waals surface area contributed by atoms with E-state index in [0.717, 1.165) is 6.92 Å². The Morgan fingerprint density at radius 2 is 1.55 bits per heavy atom. The summed E-state index contributed by atoms with van der Waals surface area (Å²) >= 11 is 0. The van der Waals surface area contributed by atoms with Gasteiger partial charge in [-0.05, 0) is 6.54 Å². The SMILES string of the molecule is CCNC(F)(CC)C(F)(F)F. The zero-order valence-electron chi connectivity index (χ0n) is 6.43. The molecular formula is C6H11F4N. The lowest BCUT2D eigenvalue weighted by molar-refractivity contribution is -0.242. The number of halogens is 4. The summed E-state index contributed by atoms with van der Waals surface area (Å²) in [6.45, 7) is 2.54. The fourth-order valence-electron chi connectivity index (χ4n) is 0.706.